The van der Waals surface area contributed by atoms with Crippen LogP contribution in [0.3, 0.4) is 0 Å². The van der Waals surface area contributed by atoms with E-state index in [-0.39, 0.29) is 18.0 Å². The van der Waals surface area contributed by atoms with Gasteiger partial charge in [-0.25, -0.2) is 4.79 Å². The van der Waals surface area contributed by atoms with E-state index in [0.29, 0.717) is 36.1 Å². The summed E-state index contributed by atoms with van der Waals surface area (Å²) in [6.45, 7) is 0.865. The number of carbonyl (C=O) groups excluding carboxylic acids is 1. The Bertz CT molecular complexity index is 838. The molecule has 0 amide bonds. The zero-order valence-electron chi connectivity index (χ0n) is 13.9. The Kier molecular flexibility index (Phi) is 5.07. The number of non-ortho nitro benzene ring substituents is 1. The summed E-state index contributed by atoms with van der Waals surface area (Å²) in [4.78, 5) is 22.1. The van der Waals surface area contributed by atoms with Crippen LogP contribution in [-0.2, 0) is 4.74 Å². The number of carbonyl (C=O) groups is 1. The van der Waals surface area contributed by atoms with Crippen LogP contribution in [0.25, 0.3) is 0 Å². The molecule has 0 unspecified atom stereocenters. The number of nitro groups is 1. The maximum atomic E-state index is 11.8. The van der Waals surface area contributed by atoms with Gasteiger partial charge in [-0.05, 0) is 18.2 Å². The lowest BCUT2D eigenvalue weighted by Crippen LogP contribution is -2.14. The summed E-state index contributed by atoms with van der Waals surface area (Å²) in [6, 6.07) is 9.20. The van der Waals surface area contributed by atoms with E-state index in [1.807, 2.05) is 0 Å². The van der Waals surface area contributed by atoms with E-state index in [4.69, 9.17) is 14.2 Å². The van der Waals surface area contributed by atoms with E-state index < -0.39 is 10.9 Å². The second-order valence-electron chi connectivity index (χ2n) is 5.27. The molecule has 2 aromatic rings. The molecule has 0 saturated heterocycles. The van der Waals surface area contributed by atoms with Gasteiger partial charge in [-0.3, -0.25) is 10.1 Å². The Morgan fingerprint density at radius 2 is 2.04 bits per heavy atom. The average Bonchev–Trinajstić information content (AvgIpc) is 3.12. The van der Waals surface area contributed by atoms with Crippen molar-refractivity contribution in [2.45, 2.75) is 0 Å². The maximum absolute atomic E-state index is 11.8. The van der Waals surface area contributed by atoms with Crippen LogP contribution in [0.5, 0.6) is 17.2 Å². The zero-order chi connectivity index (χ0) is 18.5. The minimum Gasteiger partial charge on any atom is -0.492 e. The number of nitrogens with one attached hydrogen (secondary N) is 1. The molecule has 136 valence electrons. The number of methoxy groups -OCH3 is 1. The maximum Gasteiger partial charge on any atom is 0.340 e. The van der Waals surface area contributed by atoms with Gasteiger partial charge in [0.2, 0.25) is 6.79 Å². The molecule has 1 N–H and O–H groups in total. The zero-order valence-corrected chi connectivity index (χ0v) is 13.9. The molecule has 0 spiro atoms. The van der Waals surface area contributed by atoms with Gasteiger partial charge in [-0.1, -0.05) is 0 Å². The van der Waals surface area contributed by atoms with Gasteiger partial charge in [0.05, 0.1) is 17.6 Å². The first-order valence-electron chi connectivity index (χ1n) is 7.71. The third-order valence-corrected chi connectivity index (χ3v) is 3.65. The Morgan fingerprint density at radius 3 is 2.81 bits per heavy atom. The van der Waals surface area contributed by atoms with E-state index in [1.165, 1.54) is 25.3 Å². The molecular weight excluding hydrogens is 344 g/mol. The summed E-state index contributed by atoms with van der Waals surface area (Å²) in [7, 11) is 1.22. The van der Waals surface area contributed by atoms with Crippen LogP contribution in [0.1, 0.15) is 10.4 Å². The third kappa shape index (κ3) is 3.77. The number of rotatable bonds is 7. The van der Waals surface area contributed by atoms with E-state index in [1.54, 1.807) is 18.2 Å². The van der Waals surface area contributed by atoms with Gasteiger partial charge in [0.1, 0.15) is 12.4 Å². The Morgan fingerprint density at radius 1 is 1.23 bits per heavy atom. The number of ether oxygens (including phenoxy) is 4. The van der Waals surface area contributed by atoms with Gasteiger partial charge in [-0.15, -0.1) is 0 Å². The first-order chi connectivity index (χ1) is 12.6. The van der Waals surface area contributed by atoms with E-state index in [2.05, 4.69) is 10.1 Å². The fraction of sp³-hybridized carbons (Fsp3) is 0.235. The molecule has 0 aliphatic carbocycles. The van der Waals surface area contributed by atoms with Crippen LogP contribution in [0, 0.1) is 10.1 Å². The molecule has 0 radical (unpaired) electrons. The number of benzene rings is 2. The van der Waals surface area contributed by atoms with Crippen molar-refractivity contribution in [3.05, 3.63) is 52.1 Å². The minimum absolute atomic E-state index is 0.0878. The molecule has 3 rings (SSSR count). The molecule has 0 bridgehead atoms. The smallest absolute Gasteiger partial charge is 0.340 e. The number of nitrogens with zero attached hydrogens (tertiary/aromatic N) is 1. The molecule has 9 heteroatoms. The third-order valence-electron chi connectivity index (χ3n) is 3.65. The lowest BCUT2D eigenvalue weighted by atomic mass is 10.1. The second-order valence-corrected chi connectivity index (χ2v) is 5.27. The van der Waals surface area contributed by atoms with Crippen molar-refractivity contribution in [3.8, 4) is 17.2 Å². The summed E-state index contributed by atoms with van der Waals surface area (Å²) >= 11 is 0. The topological polar surface area (TPSA) is 109 Å². The standard InChI is InChI=1S/C17H16N2O7/c1-23-17(20)13-8-11(19(21)22)2-4-14(13)18-6-7-24-12-3-5-15-16(9-12)26-10-25-15/h2-5,8-9,18H,6-7,10H2,1H3. The lowest BCUT2D eigenvalue weighted by Gasteiger charge is -2.12. The van der Waals surface area contributed by atoms with E-state index in [0.717, 1.165) is 0 Å². The van der Waals surface area contributed by atoms with Crippen LogP contribution < -0.4 is 19.5 Å². The molecule has 26 heavy (non-hydrogen) atoms. The average molecular weight is 360 g/mol. The first-order valence-corrected chi connectivity index (χ1v) is 7.71. The van der Waals surface area contributed by atoms with Crippen molar-refractivity contribution in [2.24, 2.45) is 0 Å². The minimum atomic E-state index is -0.659. The van der Waals surface area contributed by atoms with Crippen molar-refractivity contribution in [1.29, 1.82) is 0 Å². The molecule has 9 nitrogen and oxygen atoms in total. The molecule has 1 aliphatic heterocycles. The van der Waals surface area contributed by atoms with E-state index >= 15 is 0 Å². The molecular formula is C17H16N2O7. The fourth-order valence-corrected chi connectivity index (χ4v) is 2.40. The van der Waals surface area contributed by atoms with Crippen LogP contribution in [0.4, 0.5) is 11.4 Å². The summed E-state index contributed by atoms with van der Waals surface area (Å²) in [5.74, 6) is 1.25. The number of esters is 1. The number of fused-ring (bicyclic) bond motifs is 1. The molecule has 0 atom stereocenters. The van der Waals surface area contributed by atoms with Crippen LogP contribution >= 0.6 is 0 Å². The second kappa shape index (κ2) is 7.60. The highest BCUT2D eigenvalue weighted by Crippen LogP contribution is 2.35. The highest BCUT2D eigenvalue weighted by atomic mass is 16.7. The SMILES string of the molecule is COC(=O)c1cc([N+](=O)[O-])ccc1NCCOc1ccc2c(c1)OCO2. The van der Waals surface area contributed by atoms with Gasteiger partial charge in [0.25, 0.3) is 5.69 Å². The van der Waals surface area contributed by atoms with Crippen molar-refractivity contribution in [2.75, 3.05) is 32.4 Å². The number of anilines is 1. The highest BCUT2D eigenvalue weighted by molar-refractivity contribution is 5.96. The summed E-state index contributed by atoms with van der Waals surface area (Å²) in [5, 5.41) is 13.9. The highest BCUT2D eigenvalue weighted by Gasteiger charge is 2.17. The van der Waals surface area contributed by atoms with Crippen LogP contribution in [0.2, 0.25) is 0 Å². The molecule has 0 saturated carbocycles. The van der Waals surface area contributed by atoms with Crippen LogP contribution in [-0.4, -0.2) is 37.9 Å². The molecule has 0 fully saturated rings. The number of hydrogen-bond acceptors (Lipinski definition) is 8. The van der Waals surface area contributed by atoms with Gasteiger partial charge in [-0.2, -0.15) is 0 Å². The Labute approximate surface area is 148 Å². The fourth-order valence-electron chi connectivity index (χ4n) is 2.40. The Balaban J connectivity index is 1.60. The quantitative estimate of drug-likeness (QED) is 0.347. The largest absolute Gasteiger partial charge is 0.492 e. The predicted octanol–water partition coefficient (Wildman–Crippen LogP) is 2.60. The number of nitro benzene ring substituents is 1. The van der Waals surface area contributed by atoms with Crippen molar-refractivity contribution in [1.82, 2.24) is 0 Å². The summed E-state index contributed by atoms with van der Waals surface area (Å²) in [6.07, 6.45) is 0. The van der Waals surface area contributed by atoms with Gasteiger partial charge in [0.15, 0.2) is 11.5 Å². The number of hydrogen-bond donors (Lipinski definition) is 1. The predicted molar refractivity (Wildman–Crippen MR) is 91.0 cm³/mol. The summed E-state index contributed by atoms with van der Waals surface area (Å²) < 4.78 is 20.8. The van der Waals surface area contributed by atoms with Gasteiger partial charge >= 0.3 is 5.97 Å². The van der Waals surface area contributed by atoms with E-state index in [9.17, 15) is 14.9 Å². The van der Waals surface area contributed by atoms with Crippen molar-refractivity contribution in [3.63, 3.8) is 0 Å². The Hall–Kier alpha value is -3.49. The molecule has 0 aromatic heterocycles. The molecule has 1 heterocycles. The van der Waals surface area contributed by atoms with Gasteiger partial charge < -0.3 is 24.3 Å². The summed E-state index contributed by atoms with van der Waals surface area (Å²) in [5.41, 5.74) is 0.328. The normalized spacial score (nSPS) is 11.7. The van der Waals surface area contributed by atoms with Crippen molar-refractivity contribution < 1.29 is 28.7 Å². The lowest BCUT2D eigenvalue weighted by molar-refractivity contribution is -0.384. The van der Waals surface area contributed by atoms with Crippen LogP contribution in [0.15, 0.2) is 36.4 Å². The molecule has 1 aliphatic rings. The first kappa shape index (κ1) is 17.3. The molecule has 2 aromatic carbocycles. The van der Waals surface area contributed by atoms with Gasteiger partial charge in [0, 0.05) is 30.4 Å². The monoisotopic (exact) mass is 360 g/mol. The van der Waals surface area contributed by atoms with Crippen molar-refractivity contribution >= 4 is 17.3 Å².